The highest BCUT2D eigenvalue weighted by Gasteiger charge is 2.17. The molecule has 0 saturated carbocycles. The van der Waals surface area contributed by atoms with Crippen molar-refractivity contribution in [2.24, 2.45) is 0 Å². The largest absolute Gasteiger partial charge is 0.382 e. The van der Waals surface area contributed by atoms with Gasteiger partial charge >= 0.3 is 0 Å². The Bertz CT molecular complexity index is 990. The molecule has 0 radical (unpaired) electrons. The van der Waals surface area contributed by atoms with E-state index < -0.39 is 5.91 Å². The van der Waals surface area contributed by atoms with Crippen LogP contribution in [0.25, 0.3) is 10.9 Å². The molecular weight excluding hydrogens is 356 g/mol. The average molecular weight is 378 g/mol. The minimum atomic E-state index is -0.637. The highest BCUT2D eigenvalue weighted by Crippen LogP contribution is 2.33. The summed E-state index contributed by atoms with van der Waals surface area (Å²) >= 11 is 0. The fourth-order valence-corrected chi connectivity index (χ4v) is 3.54. The predicted octanol–water partition coefficient (Wildman–Crippen LogP) is 2.55. The number of hydrogen-bond donors (Lipinski definition) is 4. The second kappa shape index (κ2) is 8.18. The number of pyridine rings is 1. The van der Waals surface area contributed by atoms with Gasteiger partial charge in [-0.2, -0.15) is 0 Å². The van der Waals surface area contributed by atoms with Crippen LogP contribution in [0.15, 0.2) is 36.7 Å². The first-order valence-electron chi connectivity index (χ1n) is 9.41. The van der Waals surface area contributed by atoms with E-state index in [1.807, 2.05) is 12.1 Å². The summed E-state index contributed by atoms with van der Waals surface area (Å²) in [6, 6.07) is 8.24. The number of carbonyl (C=O) groups is 1. The van der Waals surface area contributed by atoms with Crippen molar-refractivity contribution in [3.63, 3.8) is 0 Å². The fourth-order valence-electron chi connectivity index (χ4n) is 3.54. The molecule has 1 amide bonds. The minimum absolute atomic E-state index is 0.195. The Labute approximate surface area is 162 Å². The molecule has 3 aromatic rings. The molecular formula is C20H22N6O2. The van der Waals surface area contributed by atoms with Crippen LogP contribution in [-0.2, 0) is 12.8 Å². The molecule has 0 spiro atoms. The highest BCUT2D eigenvalue weighted by atomic mass is 16.5. The van der Waals surface area contributed by atoms with Crippen LogP contribution in [0.4, 0.5) is 11.6 Å². The summed E-state index contributed by atoms with van der Waals surface area (Å²) in [4.78, 5) is 24.3. The SMILES string of the molecule is O=C(NO)c1cnc(NCCNc2c3c(nc4ccccc24)CCCC3)nc1. The first-order valence-corrected chi connectivity index (χ1v) is 9.41. The number of fused-ring (bicyclic) bond motifs is 2. The maximum atomic E-state index is 11.3. The van der Waals surface area contributed by atoms with Gasteiger partial charge < -0.3 is 10.6 Å². The monoisotopic (exact) mass is 378 g/mol. The molecule has 1 aliphatic rings. The predicted molar refractivity (Wildman–Crippen MR) is 107 cm³/mol. The molecule has 0 aliphatic heterocycles. The zero-order chi connectivity index (χ0) is 19.3. The van der Waals surface area contributed by atoms with Crippen LogP contribution >= 0.6 is 0 Å². The summed E-state index contributed by atoms with van der Waals surface area (Å²) in [6.07, 6.45) is 7.21. The molecule has 0 saturated heterocycles. The van der Waals surface area contributed by atoms with Crippen molar-refractivity contribution in [1.82, 2.24) is 20.4 Å². The van der Waals surface area contributed by atoms with E-state index in [1.165, 1.54) is 42.2 Å². The first-order chi connectivity index (χ1) is 13.8. The van der Waals surface area contributed by atoms with Gasteiger partial charge in [0.1, 0.15) is 0 Å². The van der Waals surface area contributed by atoms with Crippen molar-refractivity contribution >= 4 is 28.4 Å². The van der Waals surface area contributed by atoms with Crippen LogP contribution in [0, 0.1) is 0 Å². The van der Waals surface area contributed by atoms with Gasteiger partial charge in [-0.1, -0.05) is 18.2 Å². The number of hydrogen-bond acceptors (Lipinski definition) is 7. The molecule has 8 nitrogen and oxygen atoms in total. The minimum Gasteiger partial charge on any atom is -0.382 e. The van der Waals surface area contributed by atoms with Gasteiger partial charge in [0.05, 0.1) is 11.1 Å². The molecule has 1 aromatic carbocycles. The smallest absolute Gasteiger partial charge is 0.277 e. The maximum absolute atomic E-state index is 11.3. The fraction of sp³-hybridized carbons (Fsp3) is 0.300. The number of rotatable bonds is 6. The van der Waals surface area contributed by atoms with Crippen molar-refractivity contribution in [3.05, 3.63) is 53.5 Å². The summed E-state index contributed by atoms with van der Waals surface area (Å²) in [7, 11) is 0. The number of nitrogens with zero attached hydrogens (tertiary/aromatic N) is 3. The summed E-state index contributed by atoms with van der Waals surface area (Å²) in [5.41, 5.74) is 6.50. The average Bonchev–Trinajstić information content (AvgIpc) is 2.75. The highest BCUT2D eigenvalue weighted by molar-refractivity contribution is 5.94. The van der Waals surface area contributed by atoms with Gasteiger partial charge in [-0.05, 0) is 37.3 Å². The van der Waals surface area contributed by atoms with E-state index in [0.717, 1.165) is 23.7 Å². The number of amides is 1. The molecule has 2 aromatic heterocycles. The van der Waals surface area contributed by atoms with Gasteiger partial charge in [-0.25, -0.2) is 15.4 Å². The molecule has 0 fully saturated rings. The number of hydroxylamine groups is 1. The van der Waals surface area contributed by atoms with Gasteiger partial charge in [0.15, 0.2) is 0 Å². The summed E-state index contributed by atoms with van der Waals surface area (Å²) in [6.45, 7) is 1.32. The van der Waals surface area contributed by atoms with Crippen LogP contribution in [-0.4, -0.2) is 39.2 Å². The van der Waals surface area contributed by atoms with E-state index in [-0.39, 0.29) is 5.56 Å². The zero-order valence-corrected chi connectivity index (χ0v) is 15.4. The third-order valence-electron chi connectivity index (χ3n) is 4.89. The second-order valence-corrected chi connectivity index (χ2v) is 6.73. The summed E-state index contributed by atoms with van der Waals surface area (Å²) in [5.74, 6) is -0.208. The summed E-state index contributed by atoms with van der Waals surface area (Å²) in [5, 5.41) is 16.5. The molecule has 1 aliphatic carbocycles. The Kier molecular flexibility index (Phi) is 5.29. The number of anilines is 2. The molecule has 0 bridgehead atoms. The molecule has 2 heterocycles. The van der Waals surface area contributed by atoms with E-state index in [0.29, 0.717) is 19.0 Å². The van der Waals surface area contributed by atoms with Gasteiger partial charge in [-0.15, -0.1) is 0 Å². The normalized spacial score (nSPS) is 13.0. The Morgan fingerprint density at radius 2 is 1.79 bits per heavy atom. The van der Waals surface area contributed by atoms with Gasteiger partial charge in [0, 0.05) is 42.3 Å². The van der Waals surface area contributed by atoms with E-state index >= 15 is 0 Å². The van der Waals surface area contributed by atoms with Crippen molar-refractivity contribution in [3.8, 4) is 0 Å². The number of nitrogens with one attached hydrogen (secondary N) is 3. The molecule has 8 heteroatoms. The standard InChI is InChI=1S/C20H22N6O2/c27-19(26-28)13-11-23-20(24-12-13)22-10-9-21-18-14-5-1-3-7-16(14)25-17-8-4-2-6-15(17)18/h1,3,5,7,11-12,28H,2,4,6,8-10H2,(H,21,25)(H,26,27)(H,22,23,24). The first kappa shape index (κ1) is 18.1. The number of carbonyl (C=O) groups excluding carboxylic acids is 1. The lowest BCUT2D eigenvalue weighted by Crippen LogP contribution is -2.20. The molecule has 0 unspecified atom stereocenters. The number of aryl methyl sites for hydroxylation is 1. The van der Waals surface area contributed by atoms with Crippen molar-refractivity contribution < 1.29 is 10.0 Å². The van der Waals surface area contributed by atoms with Crippen LogP contribution in [0.2, 0.25) is 0 Å². The van der Waals surface area contributed by atoms with Crippen LogP contribution in [0.5, 0.6) is 0 Å². The molecule has 28 heavy (non-hydrogen) atoms. The molecule has 0 atom stereocenters. The third kappa shape index (κ3) is 3.72. The Balaban J connectivity index is 1.44. The third-order valence-corrected chi connectivity index (χ3v) is 4.89. The van der Waals surface area contributed by atoms with Crippen molar-refractivity contribution in [2.75, 3.05) is 23.7 Å². The second-order valence-electron chi connectivity index (χ2n) is 6.73. The molecule has 144 valence electrons. The van der Waals surface area contributed by atoms with Gasteiger partial charge in [0.2, 0.25) is 5.95 Å². The Morgan fingerprint density at radius 1 is 1.04 bits per heavy atom. The van der Waals surface area contributed by atoms with E-state index in [1.54, 1.807) is 5.48 Å². The van der Waals surface area contributed by atoms with E-state index in [2.05, 4.69) is 32.7 Å². The number of aromatic nitrogens is 3. The molecule has 4 N–H and O–H groups in total. The summed E-state index contributed by atoms with van der Waals surface area (Å²) < 4.78 is 0. The van der Waals surface area contributed by atoms with Crippen molar-refractivity contribution in [1.29, 1.82) is 0 Å². The van der Waals surface area contributed by atoms with Crippen LogP contribution in [0.3, 0.4) is 0 Å². The number of benzene rings is 1. The maximum Gasteiger partial charge on any atom is 0.277 e. The lowest BCUT2D eigenvalue weighted by molar-refractivity contribution is 0.0705. The molecule has 4 rings (SSSR count). The topological polar surface area (TPSA) is 112 Å². The van der Waals surface area contributed by atoms with Gasteiger partial charge in [-0.3, -0.25) is 15.0 Å². The lowest BCUT2D eigenvalue weighted by atomic mass is 9.92. The zero-order valence-electron chi connectivity index (χ0n) is 15.4. The van der Waals surface area contributed by atoms with E-state index in [4.69, 9.17) is 10.2 Å². The number of para-hydroxylation sites is 1. The van der Waals surface area contributed by atoms with Crippen LogP contribution < -0.4 is 16.1 Å². The van der Waals surface area contributed by atoms with E-state index in [9.17, 15) is 4.79 Å². The Hall–Kier alpha value is -3.26. The lowest BCUT2D eigenvalue weighted by Gasteiger charge is -2.21. The Morgan fingerprint density at radius 3 is 2.61 bits per heavy atom. The quantitative estimate of drug-likeness (QED) is 0.296. The van der Waals surface area contributed by atoms with Gasteiger partial charge in [0.25, 0.3) is 5.91 Å². The van der Waals surface area contributed by atoms with Crippen LogP contribution in [0.1, 0.15) is 34.5 Å². The van der Waals surface area contributed by atoms with Crippen molar-refractivity contribution in [2.45, 2.75) is 25.7 Å².